The molecule has 90 valence electrons. The molecule has 0 aliphatic heterocycles. The van der Waals surface area contributed by atoms with E-state index in [0.29, 0.717) is 11.5 Å². The Morgan fingerprint density at radius 3 is 3.00 bits per heavy atom. The summed E-state index contributed by atoms with van der Waals surface area (Å²) in [7, 11) is 0. The van der Waals surface area contributed by atoms with Gasteiger partial charge in [0.25, 0.3) is 0 Å². The van der Waals surface area contributed by atoms with Gasteiger partial charge in [-0.3, -0.25) is 4.68 Å². The summed E-state index contributed by atoms with van der Waals surface area (Å²) in [5.41, 5.74) is 0.445. The van der Waals surface area contributed by atoms with Crippen LogP contribution < -0.4 is 5.32 Å². The van der Waals surface area contributed by atoms with E-state index in [1.165, 1.54) is 25.7 Å². The summed E-state index contributed by atoms with van der Waals surface area (Å²) in [4.78, 5) is 0. The second kappa shape index (κ2) is 4.95. The quantitative estimate of drug-likeness (QED) is 0.845. The van der Waals surface area contributed by atoms with Gasteiger partial charge in [0, 0.05) is 18.8 Å². The van der Waals surface area contributed by atoms with Gasteiger partial charge in [-0.25, -0.2) is 0 Å². The van der Waals surface area contributed by atoms with Crippen molar-refractivity contribution in [2.45, 2.75) is 52.1 Å². The molecule has 1 unspecified atom stereocenters. The molecule has 1 heterocycles. The first-order chi connectivity index (χ1) is 7.68. The predicted molar refractivity (Wildman–Crippen MR) is 64.1 cm³/mol. The van der Waals surface area contributed by atoms with Crippen molar-refractivity contribution in [3.8, 4) is 0 Å². The zero-order chi connectivity index (χ0) is 11.4. The fraction of sp³-hybridized carbons (Fsp3) is 0.833. The summed E-state index contributed by atoms with van der Waals surface area (Å²) in [6.45, 7) is 6.64. The molecule has 1 aliphatic rings. The third kappa shape index (κ3) is 2.82. The number of rotatable bonds is 4. The molecule has 0 aromatic carbocycles. The number of hydrogen-bond donors (Lipinski definition) is 1. The molecule has 1 aromatic heterocycles. The normalized spacial score (nSPS) is 24.5. The van der Waals surface area contributed by atoms with E-state index in [2.05, 4.69) is 29.5 Å². The van der Waals surface area contributed by atoms with Crippen molar-refractivity contribution in [1.82, 2.24) is 20.3 Å². The van der Waals surface area contributed by atoms with Crippen molar-refractivity contribution < 1.29 is 0 Å². The van der Waals surface area contributed by atoms with E-state index in [4.69, 9.17) is 0 Å². The fourth-order valence-corrected chi connectivity index (χ4v) is 2.58. The van der Waals surface area contributed by atoms with Gasteiger partial charge in [0.15, 0.2) is 0 Å². The van der Waals surface area contributed by atoms with Crippen molar-refractivity contribution in [3.05, 3.63) is 12.4 Å². The van der Waals surface area contributed by atoms with E-state index in [1.807, 2.05) is 10.9 Å². The Kier molecular flexibility index (Phi) is 3.59. The predicted octanol–water partition coefficient (Wildman–Crippen LogP) is 1.84. The molecule has 0 spiro atoms. The van der Waals surface area contributed by atoms with Crippen LogP contribution in [0.2, 0.25) is 0 Å². The van der Waals surface area contributed by atoms with Crippen molar-refractivity contribution in [3.63, 3.8) is 0 Å². The standard InChI is InChI=1S/C12H22N4/c1-12(2)6-4-3-5-11(12)13-7-9-16-10-8-14-15-16/h8,10-11,13H,3-7,9H2,1-2H3. The maximum atomic E-state index is 3.96. The molecule has 0 amide bonds. The summed E-state index contributed by atoms with van der Waals surface area (Å²) in [6.07, 6.45) is 9.04. The second-order valence-corrected chi connectivity index (χ2v) is 5.41. The minimum absolute atomic E-state index is 0.445. The topological polar surface area (TPSA) is 42.7 Å². The second-order valence-electron chi connectivity index (χ2n) is 5.41. The van der Waals surface area contributed by atoms with Gasteiger partial charge >= 0.3 is 0 Å². The zero-order valence-electron chi connectivity index (χ0n) is 10.3. The molecular weight excluding hydrogens is 200 g/mol. The lowest BCUT2D eigenvalue weighted by molar-refractivity contribution is 0.166. The molecule has 1 fully saturated rings. The van der Waals surface area contributed by atoms with Crippen LogP contribution in [0.3, 0.4) is 0 Å². The molecule has 4 nitrogen and oxygen atoms in total. The van der Waals surface area contributed by atoms with Crippen LogP contribution in [-0.2, 0) is 6.54 Å². The van der Waals surface area contributed by atoms with Crippen molar-refractivity contribution in [2.24, 2.45) is 5.41 Å². The minimum atomic E-state index is 0.445. The van der Waals surface area contributed by atoms with E-state index in [-0.39, 0.29) is 0 Å². The molecule has 1 N–H and O–H groups in total. The SMILES string of the molecule is CC1(C)CCCCC1NCCn1ccnn1. The van der Waals surface area contributed by atoms with Crippen molar-refractivity contribution in [2.75, 3.05) is 6.54 Å². The molecule has 0 radical (unpaired) electrons. The van der Waals surface area contributed by atoms with E-state index in [1.54, 1.807) is 6.20 Å². The third-order valence-corrected chi connectivity index (χ3v) is 3.71. The van der Waals surface area contributed by atoms with Gasteiger partial charge in [-0.15, -0.1) is 5.10 Å². The molecule has 16 heavy (non-hydrogen) atoms. The fourth-order valence-electron chi connectivity index (χ4n) is 2.58. The number of nitrogens with zero attached hydrogens (tertiary/aromatic N) is 3. The molecule has 1 aliphatic carbocycles. The van der Waals surface area contributed by atoms with Crippen LogP contribution >= 0.6 is 0 Å². The lowest BCUT2D eigenvalue weighted by Gasteiger charge is -2.39. The molecular formula is C12H22N4. The molecule has 2 rings (SSSR count). The zero-order valence-corrected chi connectivity index (χ0v) is 10.3. The molecule has 1 saturated carbocycles. The highest BCUT2D eigenvalue weighted by Crippen LogP contribution is 2.35. The summed E-state index contributed by atoms with van der Waals surface area (Å²) in [5, 5.41) is 11.4. The highest BCUT2D eigenvalue weighted by Gasteiger charge is 2.31. The van der Waals surface area contributed by atoms with Crippen LogP contribution in [0.25, 0.3) is 0 Å². The number of aromatic nitrogens is 3. The Hall–Kier alpha value is -0.900. The van der Waals surface area contributed by atoms with Crippen LogP contribution in [0.5, 0.6) is 0 Å². The lowest BCUT2D eigenvalue weighted by atomic mass is 9.73. The maximum Gasteiger partial charge on any atom is 0.0692 e. The lowest BCUT2D eigenvalue weighted by Crippen LogP contribution is -2.45. The first-order valence-corrected chi connectivity index (χ1v) is 6.26. The highest BCUT2D eigenvalue weighted by molar-refractivity contribution is 4.87. The monoisotopic (exact) mass is 222 g/mol. The minimum Gasteiger partial charge on any atom is -0.312 e. The largest absolute Gasteiger partial charge is 0.312 e. The third-order valence-electron chi connectivity index (χ3n) is 3.71. The number of hydrogen-bond acceptors (Lipinski definition) is 3. The first kappa shape index (κ1) is 11.6. The van der Waals surface area contributed by atoms with Gasteiger partial charge in [-0.1, -0.05) is 31.9 Å². The van der Waals surface area contributed by atoms with Crippen LogP contribution in [0.1, 0.15) is 39.5 Å². The maximum absolute atomic E-state index is 3.96. The molecule has 0 bridgehead atoms. The Bertz CT molecular complexity index is 305. The molecule has 4 heteroatoms. The molecule has 1 aromatic rings. The van der Waals surface area contributed by atoms with Crippen molar-refractivity contribution >= 4 is 0 Å². The Labute approximate surface area is 97.4 Å². The van der Waals surface area contributed by atoms with E-state index < -0.39 is 0 Å². The highest BCUT2D eigenvalue weighted by atomic mass is 15.4. The van der Waals surface area contributed by atoms with Crippen LogP contribution in [0.15, 0.2) is 12.4 Å². The molecule has 0 saturated heterocycles. The first-order valence-electron chi connectivity index (χ1n) is 6.26. The average molecular weight is 222 g/mol. The summed E-state index contributed by atoms with van der Waals surface area (Å²) in [5.74, 6) is 0. The number of nitrogens with one attached hydrogen (secondary N) is 1. The van der Waals surface area contributed by atoms with Gasteiger partial charge < -0.3 is 5.32 Å². The van der Waals surface area contributed by atoms with E-state index in [9.17, 15) is 0 Å². The van der Waals surface area contributed by atoms with Gasteiger partial charge in [-0.05, 0) is 18.3 Å². The summed E-state index contributed by atoms with van der Waals surface area (Å²) in [6, 6.07) is 0.657. The Balaban J connectivity index is 1.76. The van der Waals surface area contributed by atoms with Crippen molar-refractivity contribution in [1.29, 1.82) is 0 Å². The van der Waals surface area contributed by atoms with Crippen LogP contribution in [-0.4, -0.2) is 27.6 Å². The Morgan fingerprint density at radius 1 is 1.44 bits per heavy atom. The van der Waals surface area contributed by atoms with E-state index in [0.717, 1.165) is 13.1 Å². The van der Waals surface area contributed by atoms with E-state index >= 15 is 0 Å². The summed E-state index contributed by atoms with van der Waals surface area (Å²) >= 11 is 0. The van der Waals surface area contributed by atoms with Crippen LogP contribution in [0, 0.1) is 5.41 Å². The van der Waals surface area contributed by atoms with Gasteiger partial charge in [0.2, 0.25) is 0 Å². The van der Waals surface area contributed by atoms with Crippen LogP contribution in [0.4, 0.5) is 0 Å². The summed E-state index contributed by atoms with van der Waals surface area (Å²) < 4.78 is 1.88. The Morgan fingerprint density at radius 2 is 2.31 bits per heavy atom. The molecule has 1 atom stereocenters. The van der Waals surface area contributed by atoms with Gasteiger partial charge in [0.05, 0.1) is 12.7 Å². The average Bonchev–Trinajstić information content (AvgIpc) is 2.73. The smallest absolute Gasteiger partial charge is 0.0692 e. The van der Waals surface area contributed by atoms with Gasteiger partial charge in [0.1, 0.15) is 0 Å². The van der Waals surface area contributed by atoms with Gasteiger partial charge in [-0.2, -0.15) is 0 Å².